The lowest BCUT2D eigenvalue weighted by atomic mass is 9.99. The summed E-state index contributed by atoms with van der Waals surface area (Å²) in [6, 6.07) is 2.75. The van der Waals surface area contributed by atoms with Crippen LogP contribution in [-0.2, 0) is 16.3 Å². The maximum absolute atomic E-state index is 12.0. The molecular weight excluding hydrogens is 296 g/mol. The van der Waals surface area contributed by atoms with Crippen LogP contribution in [0.1, 0.15) is 28.4 Å². The van der Waals surface area contributed by atoms with Crippen molar-refractivity contribution >= 4 is 27.4 Å². The highest BCUT2D eigenvalue weighted by molar-refractivity contribution is 7.92. The molecule has 1 heterocycles. The summed E-state index contributed by atoms with van der Waals surface area (Å²) in [7, 11) is -3.63. The first kappa shape index (κ1) is 15.0. The second kappa shape index (κ2) is 5.17. The van der Waals surface area contributed by atoms with Crippen molar-refractivity contribution in [2.24, 2.45) is 21.6 Å². The largest absolute Gasteiger partial charge is 0.411 e. The van der Waals surface area contributed by atoms with Crippen LogP contribution in [0.15, 0.2) is 27.2 Å². The normalized spacial score (nSPS) is 17.5. The van der Waals surface area contributed by atoms with E-state index in [1.807, 2.05) is 0 Å². The fourth-order valence-electron chi connectivity index (χ4n) is 2.19. The number of oxime groups is 1. The first-order valence-electron chi connectivity index (χ1n) is 6.05. The molecule has 8 nitrogen and oxygen atoms in total. The Morgan fingerprint density at radius 2 is 2.05 bits per heavy atom. The van der Waals surface area contributed by atoms with Gasteiger partial charge in [0.25, 0.3) is 5.91 Å². The zero-order valence-corrected chi connectivity index (χ0v) is 12.0. The number of nitrogens with two attached hydrogens (primary N) is 2. The lowest BCUT2D eigenvalue weighted by Crippen LogP contribution is -2.24. The topological polar surface area (TPSA) is 148 Å². The molecule has 0 saturated heterocycles. The van der Waals surface area contributed by atoms with Gasteiger partial charge in [-0.1, -0.05) is 12.1 Å². The Balaban J connectivity index is 2.72. The number of nitrogens with zero attached hydrogens (tertiary/aromatic N) is 2. The molecule has 0 saturated carbocycles. The zero-order chi connectivity index (χ0) is 15.8. The highest BCUT2D eigenvalue weighted by atomic mass is 32.2. The fourth-order valence-corrected chi connectivity index (χ4v) is 3.73. The lowest BCUT2D eigenvalue weighted by Gasteiger charge is -2.08. The van der Waals surface area contributed by atoms with Crippen LogP contribution in [0.3, 0.4) is 0 Å². The molecule has 0 spiro atoms. The van der Waals surface area contributed by atoms with Crippen LogP contribution in [0.25, 0.3) is 0 Å². The Bertz CT molecular complexity index is 777. The highest BCUT2D eigenvalue weighted by Gasteiger charge is 2.34. The lowest BCUT2D eigenvalue weighted by molar-refractivity contribution is 0.100. The summed E-state index contributed by atoms with van der Waals surface area (Å²) >= 11 is 0. The molecule has 1 amide bonds. The summed E-state index contributed by atoms with van der Waals surface area (Å²) in [5.74, 6) is -1.51. The average Bonchev–Trinajstić information content (AvgIpc) is 2.67. The van der Waals surface area contributed by atoms with Crippen molar-refractivity contribution in [2.75, 3.05) is 5.75 Å². The minimum absolute atomic E-state index is 0.0540. The van der Waals surface area contributed by atoms with Crippen LogP contribution < -0.4 is 11.5 Å². The predicted octanol–water partition coefficient (Wildman–Crippen LogP) is -0.372. The third-order valence-corrected chi connectivity index (χ3v) is 4.80. The molecule has 5 N–H and O–H groups in total. The van der Waals surface area contributed by atoms with E-state index in [2.05, 4.69) is 10.1 Å². The number of amides is 1. The van der Waals surface area contributed by atoms with Gasteiger partial charge in [-0.25, -0.2) is 8.42 Å². The summed E-state index contributed by atoms with van der Waals surface area (Å²) in [6.45, 7) is 1.80. The molecule has 0 aromatic heterocycles. The van der Waals surface area contributed by atoms with Crippen LogP contribution in [0.5, 0.6) is 0 Å². The van der Waals surface area contributed by atoms with E-state index in [4.69, 9.17) is 16.7 Å². The number of hydrogen-bond acceptors (Lipinski definition) is 5. The van der Waals surface area contributed by atoms with Crippen molar-refractivity contribution in [1.29, 1.82) is 0 Å². The van der Waals surface area contributed by atoms with E-state index in [0.29, 0.717) is 17.5 Å². The number of carbonyl (C=O) groups excluding carboxylic acids is 1. The molecule has 0 radical (unpaired) electrons. The Morgan fingerprint density at radius 3 is 2.57 bits per heavy atom. The van der Waals surface area contributed by atoms with Gasteiger partial charge in [0.2, 0.25) is 0 Å². The molecule has 1 aromatic rings. The molecule has 0 unspecified atom stereocenters. The first-order chi connectivity index (χ1) is 9.80. The molecule has 21 heavy (non-hydrogen) atoms. The van der Waals surface area contributed by atoms with Crippen LogP contribution in [0.4, 0.5) is 0 Å². The van der Waals surface area contributed by atoms with Crippen LogP contribution in [0, 0.1) is 0 Å². The van der Waals surface area contributed by atoms with Gasteiger partial charge in [0.1, 0.15) is 11.5 Å². The second-order valence-corrected chi connectivity index (χ2v) is 6.46. The van der Waals surface area contributed by atoms with Gasteiger partial charge in [-0.15, -0.1) is 0 Å². The summed E-state index contributed by atoms with van der Waals surface area (Å²) < 4.78 is 24.1. The number of fused-ring (bicyclic) bond motifs is 1. The van der Waals surface area contributed by atoms with E-state index >= 15 is 0 Å². The molecule has 0 bridgehead atoms. The van der Waals surface area contributed by atoms with Crippen LogP contribution in [-0.4, -0.2) is 37.0 Å². The summed E-state index contributed by atoms with van der Waals surface area (Å²) in [5, 5.41) is 11.9. The Hall–Kier alpha value is -2.42. The number of benzene rings is 1. The number of sulfone groups is 1. The molecule has 0 aliphatic carbocycles. The molecule has 9 heteroatoms. The van der Waals surface area contributed by atoms with Crippen molar-refractivity contribution in [3.63, 3.8) is 0 Å². The molecule has 1 aromatic carbocycles. The van der Waals surface area contributed by atoms with Gasteiger partial charge in [-0.2, -0.15) is 4.99 Å². The minimum Gasteiger partial charge on any atom is -0.411 e. The van der Waals surface area contributed by atoms with E-state index in [0.717, 1.165) is 0 Å². The van der Waals surface area contributed by atoms with Crippen molar-refractivity contribution < 1.29 is 18.4 Å². The third-order valence-electron chi connectivity index (χ3n) is 3.14. The van der Waals surface area contributed by atoms with E-state index in [9.17, 15) is 13.2 Å². The van der Waals surface area contributed by atoms with Crippen molar-refractivity contribution in [2.45, 2.75) is 18.2 Å². The quantitative estimate of drug-likeness (QED) is 0.294. The van der Waals surface area contributed by atoms with E-state index in [-0.39, 0.29) is 16.2 Å². The monoisotopic (exact) mass is 310 g/mol. The third kappa shape index (κ3) is 2.59. The SMILES string of the molecule is CCc1cc2c(cc1C(=O)N=C(N)N)S(=O)(=O)C/C2=N\O. The van der Waals surface area contributed by atoms with Gasteiger partial charge in [-0.3, -0.25) is 4.79 Å². The molecule has 0 fully saturated rings. The van der Waals surface area contributed by atoms with E-state index in [1.54, 1.807) is 6.92 Å². The molecule has 2 rings (SSSR count). The number of aryl methyl sites for hydroxylation is 1. The van der Waals surface area contributed by atoms with Gasteiger partial charge in [0, 0.05) is 11.1 Å². The Labute approximate surface area is 121 Å². The van der Waals surface area contributed by atoms with Crippen LogP contribution in [0.2, 0.25) is 0 Å². The molecule has 1 aliphatic rings. The highest BCUT2D eigenvalue weighted by Crippen LogP contribution is 2.30. The standard InChI is InChI=1S/C12H14N4O4S/c1-2-6-3-8-9(16-18)5-21(19,20)10(8)4-7(6)11(17)15-12(13)14/h3-4,18H,2,5H2,1H3,(H4,13,14,15,17)/b16-9+. The van der Waals surface area contributed by atoms with Crippen molar-refractivity contribution in [3.05, 3.63) is 28.8 Å². The molecule has 112 valence electrons. The van der Waals surface area contributed by atoms with Gasteiger partial charge >= 0.3 is 0 Å². The average molecular weight is 310 g/mol. The summed E-state index contributed by atoms with van der Waals surface area (Å²) in [4.78, 5) is 15.3. The van der Waals surface area contributed by atoms with E-state index in [1.165, 1.54) is 12.1 Å². The van der Waals surface area contributed by atoms with Gasteiger partial charge in [0.15, 0.2) is 15.8 Å². The summed E-state index contributed by atoms with van der Waals surface area (Å²) in [6.07, 6.45) is 0.465. The van der Waals surface area contributed by atoms with Gasteiger partial charge in [0.05, 0.1) is 4.90 Å². The van der Waals surface area contributed by atoms with Gasteiger partial charge < -0.3 is 16.7 Å². The molecule has 1 aliphatic heterocycles. The van der Waals surface area contributed by atoms with E-state index < -0.39 is 27.5 Å². The Morgan fingerprint density at radius 1 is 1.38 bits per heavy atom. The van der Waals surface area contributed by atoms with Crippen molar-refractivity contribution in [3.8, 4) is 0 Å². The predicted molar refractivity (Wildman–Crippen MR) is 76.3 cm³/mol. The number of hydrogen-bond donors (Lipinski definition) is 3. The maximum atomic E-state index is 12.0. The smallest absolute Gasteiger partial charge is 0.280 e. The van der Waals surface area contributed by atoms with Crippen molar-refractivity contribution in [1.82, 2.24) is 0 Å². The number of rotatable bonds is 2. The number of carbonyl (C=O) groups is 1. The Kier molecular flexibility index (Phi) is 3.69. The zero-order valence-electron chi connectivity index (χ0n) is 11.2. The fraction of sp³-hybridized carbons (Fsp3) is 0.250. The number of aliphatic imine (C=N–C) groups is 1. The minimum atomic E-state index is -3.63. The first-order valence-corrected chi connectivity index (χ1v) is 7.70. The molecular formula is C12H14N4O4S. The number of guanidine groups is 1. The molecule has 0 atom stereocenters. The maximum Gasteiger partial charge on any atom is 0.280 e. The summed E-state index contributed by atoms with van der Waals surface area (Å²) in [5.41, 5.74) is 11.4. The van der Waals surface area contributed by atoms with Crippen LogP contribution >= 0.6 is 0 Å². The second-order valence-electron chi connectivity index (χ2n) is 4.51. The van der Waals surface area contributed by atoms with Gasteiger partial charge in [-0.05, 0) is 24.1 Å².